The molecule has 3 saturated carbocycles. The van der Waals surface area contributed by atoms with Crippen LogP contribution in [0.2, 0.25) is 0 Å². The molecule has 0 spiro atoms. The number of fused-ring (bicyclic) bond motifs is 5. The minimum atomic E-state index is 0.210. The quantitative estimate of drug-likeness (QED) is 0.322. The molecular formula is C31H52N2O. The van der Waals surface area contributed by atoms with Gasteiger partial charge in [0, 0.05) is 25.2 Å². The molecule has 34 heavy (non-hydrogen) atoms. The van der Waals surface area contributed by atoms with Crippen molar-refractivity contribution in [1.29, 1.82) is 0 Å². The van der Waals surface area contributed by atoms with Crippen molar-refractivity contribution in [1.82, 2.24) is 9.80 Å². The van der Waals surface area contributed by atoms with E-state index in [1.165, 1.54) is 56.9 Å². The fourth-order valence-electron chi connectivity index (χ4n) is 8.76. The summed E-state index contributed by atoms with van der Waals surface area (Å²) >= 11 is 0. The van der Waals surface area contributed by atoms with E-state index in [9.17, 15) is 4.79 Å². The highest BCUT2D eigenvalue weighted by Crippen LogP contribution is 2.66. The Morgan fingerprint density at radius 3 is 2.38 bits per heavy atom. The number of rotatable bonds is 5. The van der Waals surface area contributed by atoms with Gasteiger partial charge in [0.15, 0.2) is 0 Å². The minimum Gasteiger partial charge on any atom is -0.339 e. The van der Waals surface area contributed by atoms with Crippen LogP contribution >= 0.6 is 0 Å². The molecule has 0 heterocycles. The lowest BCUT2D eigenvalue weighted by Gasteiger charge is -2.61. The Bertz CT molecular complexity index is 840. The average molecular weight is 469 g/mol. The van der Waals surface area contributed by atoms with Crippen molar-refractivity contribution < 1.29 is 4.79 Å². The highest BCUT2D eigenvalue weighted by Gasteiger charge is 2.59. The molecule has 3 nitrogen and oxygen atoms in total. The molecule has 1 amide bonds. The van der Waals surface area contributed by atoms with E-state index in [4.69, 9.17) is 0 Å². The summed E-state index contributed by atoms with van der Waals surface area (Å²) in [5.41, 5.74) is 3.78. The first-order valence-electron chi connectivity index (χ1n) is 14.2. The van der Waals surface area contributed by atoms with Gasteiger partial charge >= 0.3 is 0 Å². The molecule has 0 radical (unpaired) electrons. The van der Waals surface area contributed by atoms with Crippen molar-refractivity contribution in [3.8, 4) is 0 Å². The lowest BCUT2D eigenvalue weighted by atomic mass is 9.44. The number of likely N-dealkylation sites (N-methyl/N-ethyl adjacent to an activating group) is 2. The van der Waals surface area contributed by atoms with Crippen LogP contribution < -0.4 is 0 Å². The van der Waals surface area contributed by atoms with E-state index >= 15 is 0 Å². The van der Waals surface area contributed by atoms with Gasteiger partial charge in [-0.25, -0.2) is 0 Å². The van der Waals surface area contributed by atoms with E-state index in [0.717, 1.165) is 23.7 Å². The van der Waals surface area contributed by atoms with Gasteiger partial charge in [-0.3, -0.25) is 4.79 Å². The zero-order chi connectivity index (χ0) is 25.0. The summed E-state index contributed by atoms with van der Waals surface area (Å²) in [5, 5.41) is 0. The Kier molecular flexibility index (Phi) is 7.19. The fraction of sp³-hybridized carbons (Fsp3) is 0.839. The van der Waals surface area contributed by atoms with Crippen molar-refractivity contribution >= 4 is 5.91 Å². The topological polar surface area (TPSA) is 23.6 Å². The zero-order valence-corrected chi connectivity index (χ0v) is 23.7. The standard InChI is InChI=1S/C31H52N2O/c1-20(2)21(3)18-29(34)33(9)24-14-16-30(5)23(19-24)10-11-25-27-13-12-26(22(4)32(7)8)31(27,6)17-15-28(25)30/h12,18,20,22-25,27-28H,10-11,13-17,19H2,1-9H3/b21-18+/t22?,23-,24-,25-,27-,28-,30-,31+/m0/s1. The molecule has 192 valence electrons. The van der Waals surface area contributed by atoms with Gasteiger partial charge in [-0.2, -0.15) is 0 Å². The molecule has 0 aromatic heterocycles. The van der Waals surface area contributed by atoms with E-state index < -0.39 is 0 Å². The number of nitrogens with zero attached hydrogens (tertiary/aromatic N) is 2. The Labute approximate surface area is 210 Å². The summed E-state index contributed by atoms with van der Waals surface area (Å²) < 4.78 is 0. The maximum atomic E-state index is 13.0. The number of allylic oxidation sites excluding steroid dienone is 2. The van der Waals surface area contributed by atoms with Crippen molar-refractivity contribution in [3.05, 3.63) is 23.3 Å². The number of carbonyl (C=O) groups excluding carboxylic acids is 1. The van der Waals surface area contributed by atoms with Gasteiger partial charge in [0.1, 0.15) is 0 Å². The molecule has 3 heteroatoms. The lowest BCUT2D eigenvalue weighted by Crippen LogP contribution is -2.55. The first-order chi connectivity index (χ1) is 15.9. The van der Waals surface area contributed by atoms with Crippen LogP contribution in [0.25, 0.3) is 0 Å². The molecule has 1 unspecified atom stereocenters. The third kappa shape index (κ3) is 4.22. The Balaban J connectivity index is 1.46. The second kappa shape index (κ2) is 9.41. The van der Waals surface area contributed by atoms with E-state index in [1.807, 2.05) is 6.08 Å². The molecule has 0 saturated heterocycles. The largest absolute Gasteiger partial charge is 0.339 e. The van der Waals surface area contributed by atoms with Gasteiger partial charge in [-0.1, -0.05) is 44.9 Å². The molecular weight excluding hydrogens is 416 g/mol. The number of hydrogen-bond donors (Lipinski definition) is 0. The van der Waals surface area contributed by atoms with Gasteiger partial charge in [0.05, 0.1) is 0 Å². The van der Waals surface area contributed by atoms with Gasteiger partial charge in [-0.15, -0.1) is 0 Å². The molecule has 4 rings (SSSR count). The monoisotopic (exact) mass is 468 g/mol. The van der Waals surface area contributed by atoms with Crippen LogP contribution in [0.15, 0.2) is 23.3 Å². The van der Waals surface area contributed by atoms with Crippen LogP contribution in [0.1, 0.15) is 92.9 Å². The lowest BCUT2D eigenvalue weighted by molar-refractivity contribution is -0.134. The SMILES string of the molecule is C/C(=C\C(=O)N(C)[C@H]1CC[C@@]2(C)[C@@H](CC[C@@H]3[C@@H]2CC[C@]2(C)C(C(C)N(C)C)=CC[C@@H]32)C1)C(C)C. The molecule has 0 bridgehead atoms. The Morgan fingerprint density at radius 1 is 1.03 bits per heavy atom. The summed E-state index contributed by atoms with van der Waals surface area (Å²) in [6.45, 7) is 14.1. The van der Waals surface area contributed by atoms with Crippen LogP contribution in [0.5, 0.6) is 0 Å². The van der Waals surface area contributed by atoms with Gasteiger partial charge in [0.25, 0.3) is 0 Å². The average Bonchev–Trinajstić information content (AvgIpc) is 3.14. The molecule has 4 aliphatic carbocycles. The van der Waals surface area contributed by atoms with Crippen molar-refractivity contribution in [2.24, 2.45) is 40.4 Å². The molecule has 0 aliphatic heterocycles. The van der Waals surface area contributed by atoms with Crippen molar-refractivity contribution in [2.75, 3.05) is 21.1 Å². The smallest absolute Gasteiger partial charge is 0.246 e. The normalized spacial score (nSPS) is 41.0. The predicted molar refractivity (Wildman–Crippen MR) is 143 cm³/mol. The van der Waals surface area contributed by atoms with Crippen LogP contribution in [-0.4, -0.2) is 48.9 Å². The van der Waals surface area contributed by atoms with Crippen LogP contribution in [0.3, 0.4) is 0 Å². The van der Waals surface area contributed by atoms with Crippen LogP contribution in [0.4, 0.5) is 0 Å². The summed E-state index contributed by atoms with van der Waals surface area (Å²) in [7, 11) is 6.52. The Hall–Kier alpha value is -1.09. The molecule has 4 aliphatic rings. The molecule has 0 aromatic rings. The third-order valence-corrected chi connectivity index (χ3v) is 11.7. The Morgan fingerprint density at radius 2 is 1.74 bits per heavy atom. The molecule has 3 fully saturated rings. The number of hydrogen-bond acceptors (Lipinski definition) is 2. The highest BCUT2D eigenvalue weighted by atomic mass is 16.2. The van der Waals surface area contributed by atoms with E-state index in [0.29, 0.717) is 28.8 Å². The van der Waals surface area contributed by atoms with Crippen molar-refractivity contribution in [3.63, 3.8) is 0 Å². The zero-order valence-electron chi connectivity index (χ0n) is 23.7. The van der Waals surface area contributed by atoms with Gasteiger partial charge in [-0.05, 0) is 120 Å². The van der Waals surface area contributed by atoms with E-state index in [-0.39, 0.29) is 5.91 Å². The molecule has 0 N–H and O–H groups in total. The van der Waals surface area contributed by atoms with Crippen LogP contribution in [-0.2, 0) is 4.79 Å². The maximum absolute atomic E-state index is 13.0. The summed E-state index contributed by atoms with van der Waals surface area (Å²) in [6, 6.07) is 0.961. The summed E-state index contributed by atoms with van der Waals surface area (Å²) in [6.07, 6.45) is 15.0. The first kappa shape index (κ1) is 26.0. The molecule has 8 atom stereocenters. The van der Waals surface area contributed by atoms with E-state index in [2.05, 4.69) is 78.6 Å². The highest BCUT2D eigenvalue weighted by molar-refractivity contribution is 5.88. The van der Waals surface area contributed by atoms with E-state index in [1.54, 1.807) is 5.57 Å². The van der Waals surface area contributed by atoms with Crippen LogP contribution in [0, 0.1) is 40.4 Å². The summed E-state index contributed by atoms with van der Waals surface area (Å²) in [5.74, 6) is 4.02. The first-order valence-corrected chi connectivity index (χ1v) is 14.2. The second-order valence-corrected chi connectivity index (χ2v) is 13.6. The minimum absolute atomic E-state index is 0.210. The van der Waals surface area contributed by atoms with Gasteiger partial charge < -0.3 is 9.80 Å². The fourth-order valence-corrected chi connectivity index (χ4v) is 8.76. The van der Waals surface area contributed by atoms with Crippen molar-refractivity contribution in [2.45, 2.75) is 105 Å². The number of carbonyl (C=O) groups is 1. The van der Waals surface area contributed by atoms with Gasteiger partial charge in [0.2, 0.25) is 5.91 Å². The second-order valence-electron chi connectivity index (χ2n) is 13.6. The third-order valence-electron chi connectivity index (χ3n) is 11.7. The number of amides is 1. The summed E-state index contributed by atoms with van der Waals surface area (Å²) in [4.78, 5) is 17.4. The maximum Gasteiger partial charge on any atom is 0.246 e. The molecule has 0 aromatic carbocycles. The predicted octanol–water partition coefficient (Wildman–Crippen LogP) is 6.94.